The molecule has 0 spiro atoms. The molecule has 0 aromatic heterocycles. The molecule has 1 heterocycles. The van der Waals surface area contributed by atoms with E-state index in [4.69, 9.17) is 11.6 Å². The van der Waals surface area contributed by atoms with Crippen LogP contribution in [-0.4, -0.2) is 42.9 Å². The predicted molar refractivity (Wildman–Crippen MR) is 130 cm³/mol. The van der Waals surface area contributed by atoms with Crippen molar-refractivity contribution in [1.29, 1.82) is 0 Å². The number of nitrogens with one attached hydrogen (secondary N) is 1. The van der Waals surface area contributed by atoms with Gasteiger partial charge in [0.1, 0.15) is 0 Å². The van der Waals surface area contributed by atoms with Crippen LogP contribution in [0.15, 0.2) is 84.9 Å². The quantitative estimate of drug-likeness (QED) is 0.565. The van der Waals surface area contributed by atoms with Gasteiger partial charge in [0.15, 0.2) is 0 Å². The van der Waals surface area contributed by atoms with Crippen LogP contribution in [0.4, 0.5) is 11.4 Å². The number of nitrogens with zero attached hydrogens (tertiary/aromatic N) is 2. The number of anilines is 2. The Morgan fingerprint density at radius 2 is 1.47 bits per heavy atom. The minimum Gasteiger partial charge on any atom is -0.368 e. The third-order valence-corrected chi connectivity index (χ3v) is 5.66. The second kappa shape index (κ2) is 10.2. The molecular weight excluding hydrogens is 422 g/mol. The zero-order valence-corrected chi connectivity index (χ0v) is 18.3. The van der Waals surface area contributed by atoms with Crippen molar-refractivity contribution in [2.24, 2.45) is 0 Å². The second-order valence-electron chi connectivity index (χ2n) is 7.56. The standard InChI is InChI=1S/C26H24ClN3O2/c27-22-9-7-21(8-10-22)26(32)28-23-11-13-24(14-12-23)29-16-18-30(19-17-29)25(31)15-6-20-4-2-1-3-5-20/h1-15H,16-19H2,(H,28,32)/b15-6+. The first-order valence-corrected chi connectivity index (χ1v) is 10.9. The molecule has 32 heavy (non-hydrogen) atoms. The lowest BCUT2D eigenvalue weighted by Gasteiger charge is -2.35. The first-order valence-electron chi connectivity index (χ1n) is 10.5. The van der Waals surface area contributed by atoms with E-state index in [0.717, 1.165) is 30.0 Å². The number of halogens is 1. The van der Waals surface area contributed by atoms with Crippen LogP contribution >= 0.6 is 11.6 Å². The van der Waals surface area contributed by atoms with E-state index in [0.29, 0.717) is 23.7 Å². The van der Waals surface area contributed by atoms with E-state index in [1.54, 1.807) is 30.3 Å². The average Bonchev–Trinajstić information content (AvgIpc) is 2.84. The van der Waals surface area contributed by atoms with Gasteiger partial charge in [0.25, 0.3) is 5.91 Å². The van der Waals surface area contributed by atoms with Gasteiger partial charge in [-0.25, -0.2) is 0 Å². The van der Waals surface area contributed by atoms with Crippen LogP contribution in [-0.2, 0) is 4.79 Å². The van der Waals surface area contributed by atoms with Crippen molar-refractivity contribution < 1.29 is 9.59 Å². The maximum Gasteiger partial charge on any atom is 0.255 e. The van der Waals surface area contributed by atoms with Gasteiger partial charge in [0, 0.05) is 54.2 Å². The molecule has 3 aromatic carbocycles. The third-order valence-electron chi connectivity index (χ3n) is 5.41. The SMILES string of the molecule is O=C(Nc1ccc(N2CCN(C(=O)/C=C/c3ccccc3)CC2)cc1)c1ccc(Cl)cc1. The molecule has 4 rings (SSSR count). The summed E-state index contributed by atoms with van der Waals surface area (Å²) in [6.07, 6.45) is 3.49. The summed E-state index contributed by atoms with van der Waals surface area (Å²) in [7, 11) is 0. The van der Waals surface area contributed by atoms with E-state index in [2.05, 4.69) is 10.2 Å². The van der Waals surface area contributed by atoms with Gasteiger partial charge in [-0.1, -0.05) is 41.9 Å². The number of hydrogen-bond donors (Lipinski definition) is 1. The zero-order chi connectivity index (χ0) is 22.3. The van der Waals surface area contributed by atoms with Gasteiger partial charge < -0.3 is 15.1 Å². The molecule has 5 nitrogen and oxygen atoms in total. The number of amides is 2. The van der Waals surface area contributed by atoms with Gasteiger partial charge in [-0.2, -0.15) is 0 Å². The van der Waals surface area contributed by atoms with Crippen LogP contribution < -0.4 is 10.2 Å². The van der Waals surface area contributed by atoms with Crippen LogP contribution in [0.25, 0.3) is 6.08 Å². The molecule has 1 aliphatic heterocycles. The Morgan fingerprint density at radius 3 is 2.12 bits per heavy atom. The van der Waals surface area contributed by atoms with E-state index < -0.39 is 0 Å². The van der Waals surface area contributed by atoms with Gasteiger partial charge in [-0.05, 0) is 60.2 Å². The van der Waals surface area contributed by atoms with E-state index >= 15 is 0 Å². The molecular formula is C26H24ClN3O2. The molecule has 2 amide bonds. The number of rotatable bonds is 5. The fourth-order valence-corrected chi connectivity index (χ4v) is 3.71. The van der Waals surface area contributed by atoms with Crippen molar-refractivity contribution in [3.8, 4) is 0 Å². The topological polar surface area (TPSA) is 52.7 Å². The number of hydrogen-bond acceptors (Lipinski definition) is 3. The Kier molecular flexibility index (Phi) is 6.87. The summed E-state index contributed by atoms with van der Waals surface area (Å²) >= 11 is 5.87. The minimum absolute atomic E-state index is 0.0359. The number of benzene rings is 3. The summed E-state index contributed by atoms with van der Waals surface area (Å²) in [6, 6.07) is 24.4. The summed E-state index contributed by atoms with van der Waals surface area (Å²) in [5.74, 6) is -0.140. The van der Waals surface area contributed by atoms with Crippen molar-refractivity contribution in [2.45, 2.75) is 0 Å². The van der Waals surface area contributed by atoms with Crippen molar-refractivity contribution in [3.05, 3.63) is 101 Å². The van der Waals surface area contributed by atoms with Gasteiger partial charge in [-0.15, -0.1) is 0 Å². The van der Waals surface area contributed by atoms with E-state index in [1.165, 1.54) is 0 Å². The monoisotopic (exact) mass is 445 g/mol. The molecule has 1 aliphatic rings. The Morgan fingerprint density at radius 1 is 0.812 bits per heavy atom. The molecule has 1 saturated heterocycles. The van der Waals surface area contributed by atoms with Crippen molar-refractivity contribution in [2.75, 3.05) is 36.4 Å². The van der Waals surface area contributed by atoms with Gasteiger partial charge >= 0.3 is 0 Å². The lowest BCUT2D eigenvalue weighted by atomic mass is 10.2. The molecule has 162 valence electrons. The van der Waals surface area contributed by atoms with Crippen LogP contribution in [0.1, 0.15) is 15.9 Å². The molecule has 1 fully saturated rings. The first-order chi connectivity index (χ1) is 15.6. The summed E-state index contributed by atoms with van der Waals surface area (Å²) in [5, 5.41) is 3.49. The van der Waals surface area contributed by atoms with E-state index in [1.807, 2.05) is 65.6 Å². The van der Waals surface area contributed by atoms with Crippen molar-refractivity contribution in [3.63, 3.8) is 0 Å². The predicted octanol–water partition coefficient (Wildman–Crippen LogP) is 4.95. The zero-order valence-electron chi connectivity index (χ0n) is 17.6. The highest BCUT2D eigenvalue weighted by Gasteiger charge is 2.20. The highest BCUT2D eigenvalue weighted by atomic mass is 35.5. The van der Waals surface area contributed by atoms with Crippen LogP contribution in [0.2, 0.25) is 5.02 Å². The lowest BCUT2D eigenvalue weighted by molar-refractivity contribution is -0.126. The largest absolute Gasteiger partial charge is 0.368 e. The number of carbonyl (C=O) groups excluding carboxylic acids is 2. The third kappa shape index (κ3) is 5.56. The average molecular weight is 446 g/mol. The van der Waals surface area contributed by atoms with Crippen LogP contribution in [0.5, 0.6) is 0 Å². The van der Waals surface area contributed by atoms with Crippen molar-refractivity contribution in [1.82, 2.24) is 4.90 Å². The Labute approximate surface area is 192 Å². The summed E-state index contributed by atoms with van der Waals surface area (Å²) < 4.78 is 0. The first kappa shape index (κ1) is 21.7. The van der Waals surface area contributed by atoms with Gasteiger partial charge in [0.2, 0.25) is 5.91 Å². The van der Waals surface area contributed by atoms with Crippen LogP contribution in [0, 0.1) is 0 Å². The Bertz CT molecular complexity index is 1090. The molecule has 3 aromatic rings. The molecule has 0 radical (unpaired) electrons. The highest BCUT2D eigenvalue weighted by Crippen LogP contribution is 2.20. The molecule has 6 heteroatoms. The molecule has 0 atom stereocenters. The fraction of sp³-hybridized carbons (Fsp3) is 0.154. The molecule has 0 unspecified atom stereocenters. The summed E-state index contributed by atoms with van der Waals surface area (Å²) in [4.78, 5) is 28.9. The maximum absolute atomic E-state index is 12.5. The normalized spacial score (nSPS) is 13.9. The second-order valence-corrected chi connectivity index (χ2v) is 8.00. The Hall–Kier alpha value is -3.57. The molecule has 0 bridgehead atoms. The lowest BCUT2D eigenvalue weighted by Crippen LogP contribution is -2.48. The van der Waals surface area contributed by atoms with E-state index in [9.17, 15) is 9.59 Å². The Balaban J connectivity index is 1.29. The molecule has 1 N–H and O–H groups in total. The van der Waals surface area contributed by atoms with E-state index in [-0.39, 0.29) is 11.8 Å². The molecule has 0 saturated carbocycles. The summed E-state index contributed by atoms with van der Waals surface area (Å²) in [6.45, 7) is 2.88. The number of piperazine rings is 1. The molecule has 0 aliphatic carbocycles. The summed E-state index contributed by atoms with van der Waals surface area (Å²) in [5.41, 5.74) is 3.37. The van der Waals surface area contributed by atoms with Gasteiger partial charge in [-0.3, -0.25) is 9.59 Å². The maximum atomic E-state index is 12.5. The van der Waals surface area contributed by atoms with Crippen LogP contribution in [0.3, 0.4) is 0 Å². The minimum atomic E-state index is -0.176. The fourth-order valence-electron chi connectivity index (χ4n) is 3.58. The van der Waals surface area contributed by atoms with Crippen molar-refractivity contribution >= 4 is 40.9 Å². The number of carbonyl (C=O) groups is 2. The highest BCUT2D eigenvalue weighted by molar-refractivity contribution is 6.30. The smallest absolute Gasteiger partial charge is 0.255 e. The van der Waals surface area contributed by atoms with Gasteiger partial charge in [0.05, 0.1) is 0 Å².